The molecule has 0 saturated heterocycles. The lowest BCUT2D eigenvalue weighted by atomic mass is 10.1. The zero-order chi connectivity index (χ0) is 15.2. The van der Waals surface area contributed by atoms with Gasteiger partial charge in [0.2, 0.25) is 0 Å². The van der Waals surface area contributed by atoms with Gasteiger partial charge in [0.15, 0.2) is 0 Å². The molecule has 0 aliphatic rings. The molecule has 5 nitrogen and oxygen atoms in total. The van der Waals surface area contributed by atoms with Gasteiger partial charge in [0.25, 0.3) is 5.91 Å². The maximum Gasteiger partial charge on any atom is 0.274 e. The Kier molecular flexibility index (Phi) is 4.75. The SMILES string of the molecule is CN(Cc1cccc(C#CCO)c1)C(=O)c1ccn(C)n1. The van der Waals surface area contributed by atoms with Crippen molar-refractivity contribution in [2.24, 2.45) is 7.05 Å². The lowest BCUT2D eigenvalue weighted by Gasteiger charge is -2.16. The van der Waals surface area contributed by atoms with Gasteiger partial charge in [-0.25, -0.2) is 0 Å². The van der Waals surface area contributed by atoms with Gasteiger partial charge in [0.05, 0.1) is 0 Å². The fourth-order valence-electron chi connectivity index (χ4n) is 1.96. The number of aromatic nitrogens is 2. The standard InChI is InChI=1S/C16H17N3O2/c1-18(16(21)15-8-9-19(2)17-15)12-14-6-3-5-13(11-14)7-4-10-20/h3,5-6,8-9,11,20H,10,12H2,1-2H3. The largest absolute Gasteiger partial charge is 0.384 e. The third-order valence-electron chi connectivity index (χ3n) is 2.94. The molecule has 1 aromatic carbocycles. The number of amides is 1. The number of carbonyl (C=O) groups excluding carboxylic acids is 1. The van der Waals surface area contributed by atoms with Gasteiger partial charge < -0.3 is 10.0 Å². The molecule has 0 atom stereocenters. The Morgan fingerprint density at radius 1 is 1.43 bits per heavy atom. The Balaban J connectivity index is 2.08. The summed E-state index contributed by atoms with van der Waals surface area (Å²) in [4.78, 5) is 13.8. The fourth-order valence-corrected chi connectivity index (χ4v) is 1.96. The van der Waals surface area contributed by atoms with Crippen LogP contribution in [0, 0.1) is 11.8 Å². The quantitative estimate of drug-likeness (QED) is 0.856. The van der Waals surface area contributed by atoms with Gasteiger partial charge in [0.1, 0.15) is 12.3 Å². The van der Waals surface area contributed by atoms with Gasteiger partial charge in [0, 0.05) is 32.4 Å². The molecule has 0 bridgehead atoms. The monoisotopic (exact) mass is 283 g/mol. The van der Waals surface area contributed by atoms with Crippen LogP contribution >= 0.6 is 0 Å². The van der Waals surface area contributed by atoms with Gasteiger partial charge >= 0.3 is 0 Å². The zero-order valence-corrected chi connectivity index (χ0v) is 12.1. The topological polar surface area (TPSA) is 58.4 Å². The first-order valence-corrected chi connectivity index (χ1v) is 6.54. The molecule has 2 rings (SSSR count). The second-order valence-corrected chi connectivity index (χ2v) is 4.70. The minimum Gasteiger partial charge on any atom is -0.384 e. The van der Waals surface area contributed by atoms with Crippen LogP contribution in [0.3, 0.4) is 0 Å². The van der Waals surface area contributed by atoms with Crippen LogP contribution in [-0.2, 0) is 13.6 Å². The predicted octanol–water partition coefficient (Wildman–Crippen LogP) is 1.04. The van der Waals surface area contributed by atoms with Gasteiger partial charge in [-0.05, 0) is 23.8 Å². The van der Waals surface area contributed by atoms with E-state index in [9.17, 15) is 4.79 Å². The molecule has 0 fully saturated rings. The molecular weight excluding hydrogens is 266 g/mol. The van der Waals surface area contributed by atoms with Gasteiger partial charge in [-0.2, -0.15) is 5.10 Å². The summed E-state index contributed by atoms with van der Waals surface area (Å²) in [7, 11) is 3.52. The summed E-state index contributed by atoms with van der Waals surface area (Å²) in [6, 6.07) is 9.29. The second kappa shape index (κ2) is 6.73. The van der Waals surface area contributed by atoms with Crippen molar-refractivity contribution in [2.45, 2.75) is 6.54 Å². The normalized spacial score (nSPS) is 9.86. The van der Waals surface area contributed by atoms with Gasteiger partial charge in [-0.1, -0.05) is 24.0 Å². The third kappa shape index (κ3) is 3.94. The van der Waals surface area contributed by atoms with Crippen LogP contribution in [0.2, 0.25) is 0 Å². The van der Waals surface area contributed by atoms with E-state index in [1.807, 2.05) is 24.3 Å². The highest BCUT2D eigenvalue weighted by Crippen LogP contribution is 2.09. The van der Waals surface area contributed by atoms with Crippen molar-refractivity contribution in [1.82, 2.24) is 14.7 Å². The number of aliphatic hydroxyl groups excluding tert-OH is 1. The number of aryl methyl sites for hydroxylation is 1. The number of rotatable bonds is 3. The molecule has 2 aromatic rings. The lowest BCUT2D eigenvalue weighted by Crippen LogP contribution is -2.26. The van der Waals surface area contributed by atoms with Crippen molar-refractivity contribution in [3.63, 3.8) is 0 Å². The molecule has 1 heterocycles. The van der Waals surface area contributed by atoms with Crippen LogP contribution in [0.4, 0.5) is 0 Å². The molecular formula is C16H17N3O2. The van der Waals surface area contributed by atoms with Crippen molar-refractivity contribution in [1.29, 1.82) is 0 Å². The van der Waals surface area contributed by atoms with Crippen molar-refractivity contribution in [3.05, 3.63) is 53.3 Å². The summed E-state index contributed by atoms with van der Waals surface area (Å²) in [5, 5.41) is 12.8. The molecule has 5 heteroatoms. The minimum atomic E-state index is -0.164. The highest BCUT2D eigenvalue weighted by Gasteiger charge is 2.14. The molecule has 0 aliphatic heterocycles. The summed E-state index contributed by atoms with van der Waals surface area (Å²) in [6.07, 6.45) is 1.74. The average molecular weight is 283 g/mol. The molecule has 0 unspecified atom stereocenters. The van der Waals surface area contributed by atoms with Crippen molar-refractivity contribution in [3.8, 4) is 11.8 Å². The van der Waals surface area contributed by atoms with E-state index in [0.717, 1.165) is 11.1 Å². The van der Waals surface area contributed by atoms with Gasteiger partial charge in [-0.15, -0.1) is 0 Å². The van der Waals surface area contributed by atoms with Gasteiger partial charge in [-0.3, -0.25) is 9.48 Å². The van der Waals surface area contributed by atoms with Crippen LogP contribution in [0.5, 0.6) is 0 Å². The van der Waals surface area contributed by atoms with Crippen LogP contribution in [-0.4, -0.2) is 39.3 Å². The molecule has 0 aliphatic carbocycles. The minimum absolute atomic E-state index is 0.123. The maximum atomic E-state index is 12.2. The molecule has 0 saturated carbocycles. The van der Waals surface area contributed by atoms with Crippen LogP contribution < -0.4 is 0 Å². The Morgan fingerprint density at radius 2 is 2.24 bits per heavy atom. The van der Waals surface area contributed by atoms with E-state index in [2.05, 4.69) is 16.9 Å². The molecule has 1 N–H and O–H groups in total. The number of aliphatic hydroxyl groups is 1. The first kappa shape index (κ1) is 14.8. The molecule has 1 amide bonds. The summed E-state index contributed by atoms with van der Waals surface area (Å²) < 4.78 is 1.60. The second-order valence-electron chi connectivity index (χ2n) is 4.70. The Labute approximate surface area is 123 Å². The van der Waals surface area contributed by atoms with Crippen LogP contribution in [0.25, 0.3) is 0 Å². The highest BCUT2D eigenvalue weighted by atomic mass is 16.2. The smallest absolute Gasteiger partial charge is 0.274 e. The highest BCUT2D eigenvalue weighted by molar-refractivity contribution is 5.91. The number of nitrogens with zero attached hydrogens (tertiary/aromatic N) is 3. The first-order valence-electron chi connectivity index (χ1n) is 6.54. The van der Waals surface area contributed by atoms with E-state index in [4.69, 9.17) is 5.11 Å². The number of benzene rings is 1. The first-order chi connectivity index (χ1) is 10.1. The summed E-state index contributed by atoms with van der Waals surface area (Å²) in [5.41, 5.74) is 2.22. The summed E-state index contributed by atoms with van der Waals surface area (Å²) in [6.45, 7) is 0.312. The molecule has 0 spiro atoms. The molecule has 108 valence electrons. The van der Waals surface area contributed by atoms with Crippen molar-refractivity contribution < 1.29 is 9.90 Å². The van der Waals surface area contributed by atoms with E-state index in [1.165, 1.54) is 0 Å². The predicted molar refractivity (Wildman–Crippen MR) is 79.4 cm³/mol. The Hall–Kier alpha value is -2.58. The number of hydrogen-bond donors (Lipinski definition) is 1. The van der Waals surface area contributed by atoms with E-state index >= 15 is 0 Å². The maximum absolute atomic E-state index is 12.2. The lowest BCUT2D eigenvalue weighted by molar-refractivity contribution is 0.0778. The van der Waals surface area contributed by atoms with E-state index in [-0.39, 0.29) is 12.5 Å². The molecule has 21 heavy (non-hydrogen) atoms. The number of carbonyl (C=O) groups is 1. The fraction of sp³-hybridized carbons (Fsp3) is 0.250. The molecule has 1 aromatic heterocycles. The summed E-state index contributed by atoms with van der Waals surface area (Å²) in [5.74, 6) is 5.34. The Morgan fingerprint density at radius 3 is 2.90 bits per heavy atom. The summed E-state index contributed by atoms with van der Waals surface area (Å²) >= 11 is 0. The van der Waals surface area contributed by atoms with Crippen LogP contribution in [0.1, 0.15) is 21.6 Å². The van der Waals surface area contributed by atoms with E-state index in [1.54, 1.807) is 35.9 Å². The molecule has 0 radical (unpaired) electrons. The van der Waals surface area contributed by atoms with Crippen molar-refractivity contribution >= 4 is 5.91 Å². The third-order valence-corrected chi connectivity index (χ3v) is 2.94. The zero-order valence-electron chi connectivity index (χ0n) is 12.1. The van der Waals surface area contributed by atoms with Crippen molar-refractivity contribution in [2.75, 3.05) is 13.7 Å². The van der Waals surface area contributed by atoms with E-state index in [0.29, 0.717) is 12.2 Å². The van der Waals surface area contributed by atoms with E-state index < -0.39 is 0 Å². The van der Waals surface area contributed by atoms with Crippen LogP contribution in [0.15, 0.2) is 36.5 Å². The Bertz CT molecular complexity index is 695. The number of hydrogen-bond acceptors (Lipinski definition) is 3. The average Bonchev–Trinajstić information content (AvgIpc) is 2.91.